The van der Waals surface area contributed by atoms with Crippen LogP contribution in [0.2, 0.25) is 0 Å². The van der Waals surface area contributed by atoms with Crippen LogP contribution >= 0.6 is 0 Å². The molecule has 0 aromatic rings. The van der Waals surface area contributed by atoms with Crippen LogP contribution in [0.15, 0.2) is 0 Å². The second-order valence-electron chi connectivity index (χ2n) is 5.85. The van der Waals surface area contributed by atoms with Gasteiger partial charge in [-0.05, 0) is 26.2 Å². The normalized spacial score (nSPS) is 23.9. The highest BCUT2D eigenvalue weighted by Crippen LogP contribution is 2.24. The van der Waals surface area contributed by atoms with E-state index < -0.39 is 11.9 Å². The molecular weight excluding hydrogens is 256 g/mol. The van der Waals surface area contributed by atoms with Gasteiger partial charge in [0.05, 0.1) is 5.92 Å². The summed E-state index contributed by atoms with van der Waals surface area (Å²) in [4.78, 5) is 23.1. The zero-order valence-electron chi connectivity index (χ0n) is 12.7. The Morgan fingerprint density at radius 3 is 2.60 bits per heavy atom. The molecule has 0 radical (unpaired) electrons. The number of urea groups is 1. The molecule has 20 heavy (non-hydrogen) atoms. The van der Waals surface area contributed by atoms with Gasteiger partial charge in [-0.1, -0.05) is 39.0 Å². The summed E-state index contributed by atoms with van der Waals surface area (Å²) in [7, 11) is 0. The largest absolute Gasteiger partial charge is 0.481 e. The predicted octanol–water partition coefficient (Wildman–Crippen LogP) is 2.90. The maximum atomic E-state index is 11.9. The zero-order chi connectivity index (χ0) is 15.0. The highest BCUT2D eigenvalue weighted by molar-refractivity contribution is 5.77. The summed E-state index contributed by atoms with van der Waals surface area (Å²) in [5.41, 5.74) is 0. The van der Waals surface area contributed by atoms with Gasteiger partial charge in [0, 0.05) is 12.1 Å². The van der Waals surface area contributed by atoms with Crippen molar-refractivity contribution in [3.8, 4) is 0 Å². The lowest BCUT2D eigenvalue weighted by atomic mass is 9.84. The van der Waals surface area contributed by atoms with Crippen molar-refractivity contribution >= 4 is 12.0 Å². The average molecular weight is 284 g/mol. The molecule has 1 saturated carbocycles. The molecule has 0 saturated heterocycles. The topological polar surface area (TPSA) is 78.4 Å². The van der Waals surface area contributed by atoms with Gasteiger partial charge < -0.3 is 15.7 Å². The molecule has 3 N–H and O–H groups in total. The van der Waals surface area contributed by atoms with E-state index in [4.69, 9.17) is 0 Å². The molecule has 1 fully saturated rings. The Hall–Kier alpha value is -1.26. The van der Waals surface area contributed by atoms with Gasteiger partial charge in [0.1, 0.15) is 0 Å². The molecule has 116 valence electrons. The van der Waals surface area contributed by atoms with Gasteiger partial charge in [-0.2, -0.15) is 0 Å². The van der Waals surface area contributed by atoms with E-state index in [-0.39, 0.29) is 18.1 Å². The van der Waals surface area contributed by atoms with Crippen molar-refractivity contribution in [2.45, 2.75) is 77.3 Å². The molecule has 0 spiro atoms. The Labute approximate surface area is 121 Å². The van der Waals surface area contributed by atoms with E-state index in [0.29, 0.717) is 6.42 Å². The number of amides is 2. The fourth-order valence-electron chi connectivity index (χ4n) is 2.81. The molecular formula is C15H28N2O3. The molecule has 5 heteroatoms. The quantitative estimate of drug-likeness (QED) is 0.629. The monoisotopic (exact) mass is 284 g/mol. The summed E-state index contributed by atoms with van der Waals surface area (Å²) >= 11 is 0. The first kappa shape index (κ1) is 16.8. The number of hydrogen-bond acceptors (Lipinski definition) is 2. The van der Waals surface area contributed by atoms with Gasteiger partial charge in [0.15, 0.2) is 0 Å². The van der Waals surface area contributed by atoms with Crippen LogP contribution in [0.3, 0.4) is 0 Å². The smallest absolute Gasteiger partial charge is 0.315 e. The number of carboxylic acid groups (broad SMARTS) is 1. The minimum Gasteiger partial charge on any atom is -0.481 e. The molecule has 3 atom stereocenters. The summed E-state index contributed by atoms with van der Waals surface area (Å²) in [6.07, 6.45) is 7.76. The van der Waals surface area contributed by atoms with Crippen molar-refractivity contribution in [2.24, 2.45) is 5.92 Å². The highest BCUT2D eigenvalue weighted by atomic mass is 16.4. The van der Waals surface area contributed by atoms with Crippen LogP contribution in [0.1, 0.15) is 65.2 Å². The fourth-order valence-corrected chi connectivity index (χ4v) is 2.81. The van der Waals surface area contributed by atoms with Gasteiger partial charge >= 0.3 is 12.0 Å². The van der Waals surface area contributed by atoms with E-state index in [1.807, 2.05) is 6.92 Å². The Morgan fingerprint density at radius 1 is 1.25 bits per heavy atom. The summed E-state index contributed by atoms with van der Waals surface area (Å²) in [5, 5.41) is 14.9. The number of aliphatic carboxylic acids is 1. The maximum Gasteiger partial charge on any atom is 0.315 e. The lowest BCUT2D eigenvalue weighted by Gasteiger charge is -2.29. The Bertz CT molecular complexity index is 320. The minimum atomic E-state index is -0.800. The molecule has 0 aromatic heterocycles. The summed E-state index contributed by atoms with van der Waals surface area (Å²) < 4.78 is 0. The number of hydrogen-bond donors (Lipinski definition) is 3. The average Bonchev–Trinajstić information content (AvgIpc) is 2.39. The minimum absolute atomic E-state index is 0.133. The van der Waals surface area contributed by atoms with Crippen LogP contribution in [0.4, 0.5) is 4.79 Å². The fraction of sp³-hybridized carbons (Fsp3) is 0.867. The second-order valence-corrected chi connectivity index (χ2v) is 5.85. The number of nitrogens with one attached hydrogen (secondary N) is 2. The first-order valence-electron chi connectivity index (χ1n) is 7.84. The van der Waals surface area contributed by atoms with Gasteiger partial charge in [-0.3, -0.25) is 4.79 Å². The molecule has 0 bridgehead atoms. The summed E-state index contributed by atoms with van der Waals surface area (Å²) in [5.74, 6) is -1.24. The maximum absolute atomic E-state index is 11.9. The van der Waals surface area contributed by atoms with Crippen LogP contribution in [0, 0.1) is 5.92 Å². The summed E-state index contributed by atoms with van der Waals surface area (Å²) in [6, 6.07) is -0.329. The van der Waals surface area contributed by atoms with E-state index >= 15 is 0 Å². The van der Waals surface area contributed by atoms with Gasteiger partial charge in [-0.15, -0.1) is 0 Å². The lowest BCUT2D eigenvalue weighted by Crippen LogP contribution is -2.50. The summed E-state index contributed by atoms with van der Waals surface area (Å²) in [6.45, 7) is 4.14. The Balaban J connectivity index is 2.34. The third-order valence-corrected chi connectivity index (χ3v) is 4.02. The Morgan fingerprint density at radius 2 is 1.95 bits per heavy atom. The molecule has 0 heterocycles. The zero-order valence-corrected chi connectivity index (χ0v) is 12.7. The number of carboxylic acids is 1. The predicted molar refractivity (Wildman–Crippen MR) is 78.7 cm³/mol. The molecule has 0 aromatic carbocycles. The van der Waals surface area contributed by atoms with Crippen LogP contribution in [0.25, 0.3) is 0 Å². The van der Waals surface area contributed by atoms with E-state index in [2.05, 4.69) is 17.6 Å². The molecule has 3 unspecified atom stereocenters. The first-order valence-corrected chi connectivity index (χ1v) is 7.84. The van der Waals surface area contributed by atoms with Crippen LogP contribution in [-0.4, -0.2) is 29.2 Å². The third kappa shape index (κ3) is 5.80. The highest BCUT2D eigenvalue weighted by Gasteiger charge is 2.31. The van der Waals surface area contributed by atoms with E-state index in [0.717, 1.165) is 32.1 Å². The van der Waals surface area contributed by atoms with Crippen molar-refractivity contribution in [1.29, 1.82) is 0 Å². The number of carbonyl (C=O) groups excluding carboxylic acids is 1. The molecule has 5 nitrogen and oxygen atoms in total. The van der Waals surface area contributed by atoms with Crippen molar-refractivity contribution in [3.63, 3.8) is 0 Å². The standard InChI is InChI=1S/C15H28N2O3/c1-3-4-5-8-11(2)16-15(20)17-13-10-7-6-9-12(13)14(18)19/h11-13H,3-10H2,1-2H3,(H,18,19)(H2,16,17,20). The number of unbranched alkanes of at least 4 members (excludes halogenated alkanes) is 2. The van der Waals surface area contributed by atoms with Crippen LogP contribution in [-0.2, 0) is 4.79 Å². The van der Waals surface area contributed by atoms with Crippen LogP contribution in [0.5, 0.6) is 0 Å². The molecule has 0 aliphatic heterocycles. The van der Waals surface area contributed by atoms with Gasteiger partial charge in [-0.25, -0.2) is 4.79 Å². The van der Waals surface area contributed by atoms with Gasteiger partial charge in [0.25, 0.3) is 0 Å². The van der Waals surface area contributed by atoms with Crippen LogP contribution < -0.4 is 10.6 Å². The van der Waals surface area contributed by atoms with Crippen molar-refractivity contribution in [1.82, 2.24) is 10.6 Å². The van der Waals surface area contributed by atoms with E-state index in [1.54, 1.807) is 0 Å². The Kier molecular flexibility index (Phi) is 7.41. The first-order chi connectivity index (χ1) is 9.54. The van der Waals surface area contributed by atoms with Crippen molar-refractivity contribution in [3.05, 3.63) is 0 Å². The molecule has 1 rings (SSSR count). The third-order valence-electron chi connectivity index (χ3n) is 4.02. The molecule has 2 amide bonds. The molecule has 1 aliphatic rings. The van der Waals surface area contributed by atoms with Crippen molar-refractivity contribution in [2.75, 3.05) is 0 Å². The lowest BCUT2D eigenvalue weighted by molar-refractivity contribution is -0.143. The number of carbonyl (C=O) groups is 2. The van der Waals surface area contributed by atoms with Crippen molar-refractivity contribution < 1.29 is 14.7 Å². The van der Waals surface area contributed by atoms with Gasteiger partial charge in [0.2, 0.25) is 0 Å². The second kappa shape index (κ2) is 8.82. The van der Waals surface area contributed by atoms with E-state index in [1.165, 1.54) is 12.8 Å². The molecule has 1 aliphatic carbocycles. The SMILES string of the molecule is CCCCCC(C)NC(=O)NC1CCCCC1C(=O)O. The van der Waals surface area contributed by atoms with E-state index in [9.17, 15) is 14.7 Å². The number of rotatable bonds is 7.